The molecule has 146 valence electrons. The standard InChI is InChI=1S/C20H15Cl3FNO3/c1-25-9-14(13-7-11(27-2)8-16(28-3)18(13)22)17(19(23)20(25)26)12-5-4-10(24)6-15(12)21/h4-9H,1-3H3. The molecule has 3 rings (SSSR count). The smallest absolute Gasteiger partial charge is 0.269 e. The highest BCUT2D eigenvalue weighted by Gasteiger charge is 2.22. The molecule has 2 aromatic carbocycles. The molecule has 8 heteroatoms. The van der Waals surface area contributed by atoms with E-state index in [4.69, 9.17) is 44.3 Å². The zero-order chi connectivity index (χ0) is 20.6. The summed E-state index contributed by atoms with van der Waals surface area (Å²) in [6.45, 7) is 0. The van der Waals surface area contributed by atoms with Gasteiger partial charge in [-0.15, -0.1) is 0 Å². The van der Waals surface area contributed by atoms with Crippen molar-refractivity contribution in [2.75, 3.05) is 14.2 Å². The van der Waals surface area contributed by atoms with Crippen LogP contribution in [0, 0.1) is 5.82 Å². The molecular formula is C20H15Cl3FNO3. The Morgan fingerprint density at radius 2 is 1.64 bits per heavy atom. The maximum absolute atomic E-state index is 13.6. The maximum atomic E-state index is 13.6. The van der Waals surface area contributed by atoms with Gasteiger partial charge in [0.15, 0.2) is 0 Å². The average molecular weight is 443 g/mol. The lowest BCUT2D eigenvalue weighted by Gasteiger charge is -2.18. The van der Waals surface area contributed by atoms with Crippen LogP contribution in [0.25, 0.3) is 22.3 Å². The molecule has 0 N–H and O–H groups in total. The van der Waals surface area contributed by atoms with Gasteiger partial charge in [0.1, 0.15) is 22.3 Å². The largest absolute Gasteiger partial charge is 0.497 e. The van der Waals surface area contributed by atoms with E-state index in [0.29, 0.717) is 38.8 Å². The molecule has 28 heavy (non-hydrogen) atoms. The summed E-state index contributed by atoms with van der Waals surface area (Å²) in [5.74, 6) is 0.380. The summed E-state index contributed by atoms with van der Waals surface area (Å²) in [5, 5.41) is 0.353. The minimum Gasteiger partial charge on any atom is -0.497 e. The van der Waals surface area contributed by atoms with Gasteiger partial charge in [0.2, 0.25) is 0 Å². The summed E-state index contributed by atoms with van der Waals surface area (Å²) in [5.41, 5.74) is 1.35. The Morgan fingerprint density at radius 1 is 0.929 bits per heavy atom. The van der Waals surface area contributed by atoms with Crippen molar-refractivity contribution in [1.82, 2.24) is 4.57 Å². The Bertz CT molecular complexity index is 1130. The molecule has 0 amide bonds. The van der Waals surface area contributed by atoms with Crippen molar-refractivity contribution < 1.29 is 13.9 Å². The molecule has 0 unspecified atom stereocenters. The summed E-state index contributed by atoms with van der Waals surface area (Å²) < 4.78 is 25.5. The van der Waals surface area contributed by atoms with E-state index in [-0.39, 0.29) is 10.0 Å². The van der Waals surface area contributed by atoms with E-state index in [2.05, 4.69) is 0 Å². The van der Waals surface area contributed by atoms with Gasteiger partial charge in [0.25, 0.3) is 5.56 Å². The minimum absolute atomic E-state index is 0.0636. The first kappa shape index (κ1) is 20.5. The molecule has 0 aliphatic carbocycles. The molecule has 0 radical (unpaired) electrons. The van der Waals surface area contributed by atoms with Crippen LogP contribution in [-0.2, 0) is 7.05 Å². The monoisotopic (exact) mass is 441 g/mol. The fraction of sp³-hybridized carbons (Fsp3) is 0.150. The van der Waals surface area contributed by atoms with E-state index in [1.54, 1.807) is 25.4 Å². The van der Waals surface area contributed by atoms with Crippen LogP contribution >= 0.6 is 34.8 Å². The molecule has 1 aromatic heterocycles. The number of aromatic nitrogens is 1. The number of methoxy groups -OCH3 is 2. The van der Waals surface area contributed by atoms with Crippen LogP contribution in [0.5, 0.6) is 11.5 Å². The lowest BCUT2D eigenvalue weighted by Crippen LogP contribution is -2.18. The lowest BCUT2D eigenvalue weighted by atomic mass is 9.95. The molecule has 0 aliphatic heterocycles. The van der Waals surface area contributed by atoms with Gasteiger partial charge in [0, 0.05) is 41.6 Å². The SMILES string of the molecule is COc1cc(OC)c(Cl)c(-c2cn(C)c(=O)c(Cl)c2-c2ccc(F)cc2Cl)c1. The van der Waals surface area contributed by atoms with Gasteiger partial charge in [-0.1, -0.05) is 34.8 Å². The molecule has 1 heterocycles. The van der Waals surface area contributed by atoms with E-state index < -0.39 is 11.4 Å². The van der Waals surface area contributed by atoms with E-state index in [0.717, 1.165) is 6.07 Å². The summed E-state index contributed by atoms with van der Waals surface area (Å²) in [4.78, 5) is 12.5. The zero-order valence-corrected chi connectivity index (χ0v) is 17.4. The van der Waals surface area contributed by atoms with Gasteiger partial charge in [-0.05, 0) is 24.3 Å². The Labute approximate surface area is 176 Å². The van der Waals surface area contributed by atoms with Crippen molar-refractivity contribution in [1.29, 1.82) is 0 Å². The molecular weight excluding hydrogens is 428 g/mol. The molecule has 0 saturated heterocycles. The molecule has 0 fully saturated rings. The van der Waals surface area contributed by atoms with Gasteiger partial charge >= 0.3 is 0 Å². The molecule has 0 aliphatic rings. The van der Waals surface area contributed by atoms with Crippen molar-refractivity contribution in [3.8, 4) is 33.8 Å². The fourth-order valence-corrected chi connectivity index (χ4v) is 3.78. The summed E-state index contributed by atoms with van der Waals surface area (Å²) in [7, 11) is 4.56. The topological polar surface area (TPSA) is 40.5 Å². The number of halogens is 4. The number of benzene rings is 2. The van der Waals surface area contributed by atoms with E-state index in [1.165, 1.54) is 30.9 Å². The first-order valence-electron chi connectivity index (χ1n) is 8.05. The van der Waals surface area contributed by atoms with Crippen molar-refractivity contribution in [2.24, 2.45) is 7.05 Å². The second-order valence-electron chi connectivity index (χ2n) is 5.96. The van der Waals surface area contributed by atoms with Crippen molar-refractivity contribution in [3.05, 3.63) is 67.8 Å². The second kappa shape index (κ2) is 8.03. The summed E-state index contributed by atoms with van der Waals surface area (Å²) >= 11 is 19.2. The quantitative estimate of drug-likeness (QED) is 0.510. The van der Waals surface area contributed by atoms with Gasteiger partial charge in [-0.2, -0.15) is 0 Å². The Morgan fingerprint density at radius 3 is 2.25 bits per heavy atom. The fourth-order valence-electron chi connectivity index (χ4n) is 2.89. The van der Waals surface area contributed by atoms with E-state index in [9.17, 15) is 9.18 Å². The number of hydrogen-bond acceptors (Lipinski definition) is 3. The van der Waals surface area contributed by atoms with Crippen molar-refractivity contribution in [2.45, 2.75) is 0 Å². The summed E-state index contributed by atoms with van der Waals surface area (Å²) in [6.07, 6.45) is 1.59. The molecule has 0 bridgehead atoms. The number of pyridine rings is 1. The molecule has 0 saturated carbocycles. The highest BCUT2D eigenvalue weighted by molar-refractivity contribution is 6.38. The predicted octanol–water partition coefficient (Wildman–Crippen LogP) is 5.84. The van der Waals surface area contributed by atoms with Crippen LogP contribution in [0.3, 0.4) is 0 Å². The van der Waals surface area contributed by atoms with Gasteiger partial charge < -0.3 is 14.0 Å². The van der Waals surface area contributed by atoms with Crippen LogP contribution < -0.4 is 15.0 Å². The number of ether oxygens (including phenoxy) is 2. The summed E-state index contributed by atoms with van der Waals surface area (Å²) in [6, 6.07) is 7.20. The highest BCUT2D eigenvalue weighted by atomic mass is 35.5. The van der Waals surface area contributed by atoms with Crippen LogP contribution in [0.4, 0.5) is 4.39 Å². The van der Waals surface area contributed by atoms with Crippen LogP contribution in [-0.4, -0.2) is 18.8 Å². The molecule has 3 aromatic rings. The average Bonchev–Trinajstić information content (AvgIpc) is 2.67. The van der Waals surface area contributed by atoms with E-state index in [1.807, 2.05) is 0 Å². The highest BCUT2D eigenvalue weighted by Crippen LogP contribution is 2.45. The second-order valence-corrected chi connectivity index (χ2v) is 7.13. The number of rotatable bonds is 4. The minimum atomic E-state index is -0.503. The third kappa shape index (κ3) is 3.58. The molecule has 0 spiro atoms. The van der Waals surface area contributed by atoms with Gasteiger partial charge in [-0.25, -0.2) is 4.39 Å². The van der Waals surface area contributed by atoms with Gasteiger partial charge in [0.05, 0.1) is 24.3 Å². The third-order valence-corrected chi connectivity index (χ3v) is 5.33. The number of nitrogens with zero attached hydrogens (tertiary/aromatic N) is 1. The van der Waals surface area contributed by atoms with Gasteiger partial charge in [-0.3, -0.25) is 4.79 Å². The van der Waals surface area contributed by atoms with Crippen LogP contribution in [0.15, 0.2) is 41.3 Å². The molecule has 0 atom stereocenters. The maximum Gasteiger partial charge on any atom is 0.269 e. The van der Waals surface area contributed by atoms with E-state index >= 15 is 0 Å². The molecule has 4 nitrogen and oxygen atoms in total. The Hall–Kier alpha value is -2.21. The van der Waals surface area contributed by atoms with Crippen LogP contribution in [0.2, 0.25) is 15.1 Å². The van der Waals surface area contributed by atoms with Crippen molar-refractivity contribution in [3.63, 3.8) is 0 Å². The number of aryl methyl sites for hydroxylation is 1. The lowest BCUT2D eigenvalue weighted by molar-refractivity contribution is 0.395. The number of hydrogen-bond donors (Lipinski definition) is 0. The predicted molar refractivity (Wildman–Crippen MR) is 111 cm³/mol. The third-order valence-electron chi connectivity index (χ3n) is 4.28. The van der Waals surface area contributed by atoms with Crippen molar-refractivity contribution >= 4 is 34.8 Å². The van der Waals surface area contributed by atoms with Crippen LogP contribution in [0.1, 0.15) is 0 Å². The zero-order valence-electron chi connectivity index (χ0n) is 15.1. The first-order chi connectivity index (χ1) is 13.3. The first-order valence-corrected chi connectivity index (χ1v) is 9.18. The Kier molecular flexibility index (Phi) is 5.89. The normalized spacial score (nSPS) is 10.8. The Balaban J connectivity index is 2.45.